The molecule has 2 aromatic rings. The van der Waals surface area contributed by atoms with E-state index in [4.69, 9.17) is 4.74 Å². The summed E-state index contributed by atoms with van der Waals surface area (Å²) in [6, 6.07) is 16.3. The van der Waals surface area contributed by atoms with Gasteiger partial charge in [-0.1, -0.05) is 36.4 Å². The Labute approximate surface area is 159 Å². The summed E-state index contributed by atoms with van der Waals surface area (Å²) in [7, 11) is 0. The van der Waals surface area contributed by atoms with E-state index in [1.165, 1.54) is 11.1 Å². The molecular formula is C21H26N2O2S. The average molecular weight is 371 g/mol. The van der Waals surface area contributed by atoms with Crippen molar-refractivity contribution in [3.05, 3.63) is 70.8 Å². The summed E-state index contributed by atoms with van der Waals surface area (Å²) in [4.78, 5) is 14.7. The van der Waals surface area contributed by atoms with Crippen LogP contribution in [0.15, 0.2) is 48.5 Å². The number of benzene rings is 2. The molecule has 0 aromatic heterocycles. The number of morpholine rings is 1. The van der Waals surface area contributed by atoms with E-state index in [-0.39, 0.29) is 5.91 Å². The Morgan fingerprint density at radius 3 is 2.27 bits per heavy atom. The maximum absolute atomic E-state index is 12.3. The average Bonchev–Trinajstić information content (AvgIpc) is 2.69. The van der Waals surface area contributed by atoms with Crippen molar-refractivity contribution in [3.63, 3.8) is 0 Å². The Bertz CT molecular complexity index is 695. The Morgan fingerprint density at radius 1 is 1.00 bits per heavy atom. The molecule has 0 unspecified atom stereocenters. The molecule has 0 radical (unpaired) electrons. The van der Waals surface area contributed by atoms with Crippen LogP contribution in [-0.4, -0.2) is 43.4 Å². The molecule has 138 valence electrons. The number of ether oxygens (including phenoxy) is 1. The van der Waals surface area contributed by atoms with Crippen molar-refractivity contribution in [3.8, 4) is 0 Å². The van der Waals surface area contributed by atoms with Gasteiger partial charge in [-0.15, -0.1) is 0 Å². The minimum Gasteiger partial charge on any atom is -0.379 e. The lowest BCUT2D eigenvalue weighted by molar-refractivity contribution is 0.0342. The zero-order valence-electron chi connectivity index (χ0n) is 15.2. The lowest BCUT2D eigenvalue weighted by atomic mass is 10.1. The van der Waals surface area contributed by atoms with Crippen LogP contribution in [0.5, 0.6) is 0 Å². The molecule has 1 heterocycles. The first kappa shape index (κ1) is 19.0. The Morgan fingerprint density at radius 2 is 1.62 bits per heavy atom. The molecule has 1 aliphatic rings. The van der Waals surface area contributed by atoms with Gasteiger partial charge in [0.25, 0.3) is 5.91 Å². The lowest BCUT2D eigenvalue weighted by Crippen LogP contribution is -2.35. The molecule has 1 amide bonds. The molecule has 0 spiro atoms. The van der Waals surface area contributed by atoms with E-state index in [0.29, 0.717) is 12.1 Å². The Balaban J connectivity index is 1.48. The first-order chi connectivity index (χ1) is 12.7. The quantitative estimate of drug-likeness (QED) is 0.812. The molecule has 0 atom stereocenters. The van der Waals surface area contributed by atoms with Gasteiger partial charge in [0.2, 0.25) is 0 Å². The van der Waals surface area contributed by atoms with Crippen molar-refractivity contribution >= 4 is 17.7 Å². The van der Waals surface area contributed by atoms with Gasteiger partial charge in [0.05, 0.1) is 13.2 Å². The first-order valence-corrected chi connectivity index (χ1v) is 10.4. The molecule has 4 nitrogen and oxygen atoms in total. The third-order valence-electron chi connectivity index (χ3n) is 4.51. The van der Waals surface area contributed by atoms with E-state index in [1.807, 2.05) is 24.3 Å². The fourth-order valence-corrected chi connectivity index (χ4v) is 3.51. The number of carbonyl (C=O) groups is 1. The third-order valence-corrected chi connectivity index (χ3v) is 5.14. The van der Waals surface area contributed by atoms with Crippen LogP contribution in [0.3, 0.4) is 0 Å². The lowest BCUT2D eigenvalue weighted by Gasteiger charge is -2.26. The maximum Gasteiger partial charge on any atom is 0.251 e. The van der Waals surface area contributed by atoms with Gasteiger partial charge >= 0.3 is 0 Å². The second-order valence-electron chi connectivity index (χ2n) is 6.52. The largest absolute Gasteiger partial charge is 0.379 e. The van der Waals surface area contributed by atoms with Gasteiger partial charge in [0.15, 0.2) is 0 Å². The topological polar surface area (TPSA) is 41.6 Å². The van der Waals surface area contributed by atoms with Gasteiger partial charge in [-0.25, -0.2) is 0 Å². The molecule has 26 heavy (non-hydrogen) atoms. The third kappa shape index (κ3) is 5.59. The van der Waals surface area contributed by atoms with Crippen molar-refractivity contribution in [2.45, 2.75) is 18.8 Å². The fourth-order valence-electron chi connectivity index (χ4n) is 2.98. The molecule has 1 fully saturated rings. The Kier molecular flexibility index (Phi) is 7.12. The van der Waals surface area contributed by atoms with E-state index in [9.17, 15) is 4.79 Å². The Hall–Kier alpha value is -1.82. The van der Waals surface area contributed by atoms with Crippen LogP contribution < -0.4 is 5.32 Å². The summed E-state index contributed by atoms with van der Waals surface area (Å²) < 4.78 is 5.38. The highest BCUT2D eigenvalue weighted by atomic mass is 32.2. The van der Waals surface area contributed by atoms with Gasteiger partial charge in [-0.05, 0) is 35.1 Å². The number of thioether (sulfide) groups is 1. The van der Waals surface area contributed by atoms with Crippen LogP contribution in [-0.2, 0) is 23.6 Å². The van der Waals surface area contributed by atoms with Gasteiger partial charge < -0.3 is 10.1 Å². The fraction of sp³-hybridized carbons (Fsp3) is 0.381. The molecule has 1 N–H and O–H groups in total. The summed E-state index contributed by atoms with van der Waals surface area (Å²) in [5.41, 5.74) is 4.36. The van der Waals surface area contributed by atoms with Crippen LogP contribution in [0.25, 0.3) is 0 Å². The predicted molar refractivity (Wildman–Crippen MR) is 107 cm³/mol. The number of rotatable bonds is 7. The molecule has 0 aliphatic carbocycles. The first-order valence-electron chi connectivity index (χ1n) is 8.98. The molecule has 3 rings (SSSR count). The highest BCUT2D eigenvalue weighted by molar-refractivity contribution is 7.97. The van der Waals surface area contributed by atoms with E-state index in [1.54, 1.807) is 11.8 Å². The molecule has 5 heteroatoms. The number of amides is 1. The summed E-state index contributed by atoms with van der Waals surface area (Å²) in [6.07, 6.45) is 2.08. The normalized spacial score (nSPS) is 15.0. The minimum atomic E-state index is -0.0295. The van der Waals surface area contributed by atoms with E-state index in [2.05, 4.69) is 40.7 Å². The minimum absolute atomic E-state index is 0.0295. The van der Waals surface area contributed by atoms with Crippen LogP contribution in [0.2, 0.25) is 0 Å². The molecule has 0 bridgehead atoms. The van der Waals surface area contributed by atoms with Crippen molar-refractivity contribution in [2.75, 3.05) is 32.6 Å². The molecule has 1 aliphatic heterocycles. The van der Waals surface area contributed by atoms with Gasteiger partial charge in [0, 0.05) is 37.5 Å². The van der Waals surface area contributed by atoms with Crippen molar-refractivity contribution < 1.29 is 9.53 Å². The van der Waals surface area contributed by atoms with Crippen LogP contribution in [0.1, 0.15) is 27.0 Å². The van der Waals surface area contributed by atoms with Crippen LogP contribution in [0, 0.1) is 0 Å². The maximum atomic E-state index is 12.3. The molecular weight excluding hydrogens is 344 g/mol. The SMILES string of the molecule is CSCc1ccc(C(=O)NCc2ccc(CN3CCOCC3)cc2)cc1. The van der Waals surface area contributed by atoms with E-state index >= 15 is 0 Å². The van der Waals surface area contributed by atoms with Crippen LogP contribution >= 0.6 is 11.8 Å². The summed E-state index contributed by atoms with van der Waals surface area (Å²) in [6.45, 7) is 5.13. The zero-order valence-corrected chi connectivity index (χ0v) is 16.1. The summed E-state index contributed by atoms with van der Waals surface area (Å²) in [5, 5.41) is 3.00. The summed E-state index contributed by atoms with van der Waals surface area (Å²) in [5.74, 6) is 0.941. The van der Waals surface area contributed by atoms with Crippen molar-refractivity contribution in [2.24, 2.45) is 0 Å². The van der Waals surface area contributed by atoms with Crippen molar-refractivity contribution in [1.29, 1.82) is 0 Å². The zero-order chi connectivity index (χ0) is 18.2. The number of hydrogen-bond donors (Lipinski definition) is 1. The van der Waals surface area contributed by atoms with E-state index < -0.39 is 0 Å². The molecule has 1 saturated heterocycles. The number of carbonyl (C=O) groups excluding carboxylic acids is 1. The standard InChI is InChI=1S/C21H26N2O2S/c1-26-16-19-6-8-20(9-7-19)21(24)22-14-17-2-4-18(5-3-17)15-23-10-12-25-13-11-23/h2-9H,10-16H2,1H3,(H,22,24). The van der Waals surface area contributed by atoms with Crippen molar-refractivity contribution in [1.82, 2.24) is 10.2 Å². The van der Waals surface area contributed by atoms with Gasteiger partial charge in [-0.3, -0.25) is 9.69 Å². The second kappa shape index (κ2) is 9.76. The number of nitrogens with zero attached hydrogens (tertiary/aromatic N) is 1. The molecule has 2 aromatic carbocycles. The summed E-state index contributed by atoms with van der Waals surface area (Å²) >= 11 is 1.78. The smallest absolute Gasteiger partial charge is 0.251 e. The number of hydrogen-bond acceptors (Lipinski definition) is 4. The van der Waals surface area contributed by atoms with Gasteiger partial charge in [-0.2, -0.15) is 11.8 Å². The van der Waals surface area contributed by atoms with Gasteiger partial charge in [0.1, 0.15) is 0 Å². The predicted octanol–water partition coefficient (Wildman–Crippen LogP) is 3.31. The highest BCUT2D eigenvalue weighted by Crippen LogP contribution is 2.12. The van der Waals surface area contributed by atoms with Crippen LogP contribution in [0.4, 0.5) is 0 Å². The highest BCUT2D eigenvalue weighted by Gasteiger charge is 2.10. The van der Waals surface area contributed by atoms with E-state index in [0.717, 1.165) is 44.2 Å². The number of nitrogens with one attached hydrogen (secondary N) is 1. The second-order valence-corrected chi connectivity index (χ2v) is 7.38. The molecule has 0 saturated carbocycles. The monoisotopic (exact) mass is 370 g/mol.